The molecule has 0 radical (unpaired) electrons. The van der Waals surface area contributed by atoms with E-state index in [0.717, 1.165) is 13.0 Å². The molecule has 96 valence electrons. The molecular weight excluding hydrogens is 218 g/mol. The molecule has 0 aliphatic carbocycles. The van der Waals surface area contributed by atoms with Gasteiger partial charge in [0.05, 0.1) is 6.33 Å². The maximum atomic E-state index is 8.54. The van der Waals surface area contributed by atoms with Crippen LogP contribution in [0, 0.1) is 0 Å². The zero-order chi connectivity index (χ0) is 12.7. The second-order valence-corrected chi connectivity index (χ2v) is 4.23. The van der Waals surface area contributed by atoms with Crippen LogP contribution in [0.4, 0.5) is 0 Å². The van der Waals surface area contributed by atoms with E-state index >= 15 is 0 Å². The molecule has 0 saturated carbocycles. The van der Waals surface area contributed by atoms with Crippen LogP contribution in [0.2, 0.25) is 0 Å². The zero-order valence-electron chi connectivity index (χ0n) is 10.4. The third-order valence-corrected chi connectivity index (χ3v) is 2.64. The second kappa shape index (κ2) is 6.90. The molecule has 0 aliphatic heterocycles. The fourth-order valence-electron chi connectivity index (χ4n) is 1.78. The van der Waals surface area contributed by atoms with Crippen LogP contribution in [0.15, 0.2) is 23.9 Å². The highest BCUT2D eigenvalue weighted by atomic mass is 16.4. The van der Waals surface area contributed by atoms with Gasteiger partial charge in [-0.3, -0.25) is 0 Å². The van der Waals surface area contributed by atoms with E-state index in [4.69, 9.17) is 10.9 Å². The summed E-state index contributed by atoms with van der Waals surface area (Å²) in [5, 5.41) is 15.0. The molecule has 0 saturated heterocycles. The van der Waals surface area contributed by atoms with E-state index in [1.165, 1.54) is 0 Å². The van der Waals surface area contributed by atoms with Crippen molar-refractivity contribution in [1.82, 2.24) is 14.9 Å². The zero-order valence-corrected chi connectivity index (χ0v) is 10.4. The Hall–Kier alpha value is -1.56. The second-order valence-electron chi connectivity index (χ2n) is 4.23. The highest BCUT2D eigenvalue weighted by Crippen LogP contribution is 2.01. The summed E-state index contributed by atoms with van der Waals surface area (Å²) in [5.74, 6) is 0.263. The molecular formula is C11H21N5O. The molecule has 1 aromatic rings. The smallest absolute Gasteiger partial charge is 0.140 e. The summed E-state index contributed by atoms with van der Waals surface area (Å²) in [6.45, 7) is 5.04. The normalized spacial score (nSPS) is 15.8. The number of oxime groups is 1. The van der Waals surface area contributed by atoms with Crippen molar-refractivity contribution in [3.05, 3.63) is 18.7 Å². The molecule has 0 fully saturated rings. The minimum absolute atomic E-state index is 0.226. The summed E-state index contributed by atoms with van der Waals surface area (Å²) in [4.78, 5) is 4.00. The van der Waals surface area contributed by atoms with Gasteiger partial charge in [-0.15, -0.1) is 0 Å². The van der Waals surface area contributed by atoms with Crippen LogP contribution in [0.1, 0.15) is 26.7 Å². The van der Waals surface area contributed by atoms with Gasteiger partial charge in [-0.1, -0.05) is 12.1 Å². The molecule has 1 rings (SSSR count). The van der Waals surface area contributed by atoms with Gasteiger partial charge in [0.25, 0.3) is 0 Å². The van der Waals surface area contributed by atoms with Gasteiger partial charge in [-0.05, 0) is 13.3 Å². The molecule has 0 bridgehead atoms. The first kappa shape index (κ1) is 13.5. The Balaban J connectivity index is 2.39. The number of rotatable bonds is 7. The number of hydrogen-bond donors (Lipinski definition) is 3. The van der Waals surface area contributed by atoms with Crippen LogP contribution in [-0.2, 0) is 6.54 Å². The fraction of sp³-hybridized carbons (Fsp3) is 0.636. The van der Waals surface area contributed by atoms with E-state index in [1.807, 2.05) is 10.8 Å². The van der Waals surface area contributed by atoms with Crippen LogP contribution < -0.4 is 11.1 Å². The van der Waals surface area contributed by atoms with Gasteiger partial charge in [0.1, 0.15) is 5.84 Å². The average Bonchev–Trinajstić information content (AvgIpc) is 2.80. The average molecular weight is 239 g/mol. The van der Waals surface area contributed by atoms with Crippen LogP contribution in [-0.4, -0.2) is 32.7 Å². The predicted molar refractivity (Wildman–Crippen MR) is 66.9 cm³/mol. The lowest BCUT2D eigenvalue weighted by molar-refractivity contribution is 0.314. The van der Waals surface area contributed by atoms with Crippen molar-refractivity contribution in [3.63, 3.8) is 0 Å². The molecule has 0 aliphatic rings. The monoisotopic (exact) mass is 239 g/mol. The summed E-state index contributed by atoms with van der Waals surface area (Å²) in [5.41, 5.74) is 5.51. The summed E-state index contributed by atoms with van der Waals surface area (Å²) in [7, 11) is 0. The van der Waals surface area contributed by atoms with Gasteiger partial charge in [-0.25, -0.2) is 4.98 Å². The summed E-state index contributed by atoms with van der Waals surface area (Å²) in [6.07, 6.45) is 6.98. The number of nitrogens with one attached hydrogen (secondary N) is 1. The minimum Gasteiger partial charge on any atom is -0.409 e. The molecule has 0 amide bonds. The maximum absolute atomic E-state index is 8.54. The highest BCUT2D eigenvalue weighted by molar-refractivity contribution is 5.80. The van der Waals surface area contributed by atoms with Crippen molar-refractivity contribution in [2.45, 2.75) is 45.3 Å². The van der Waals surface area contributed by atoms with Gasteiger partial charge in [0.15, 0.2) is 0 Å². The Bertz CT molecular complexity index is 336. The third kappa shape index (κ3) is 4.86. The summed E-state index contributed by atoms with van der Waals surface area (Å²) < 4.78 is 2.02. The molecule has 6 nitrogen and oxygen atoms in total. The van der Waals surface area contributed by atoms with Crippen molar-refractivity contribution < 1.29 is 5.21 Å². The summed E-state index contributed by atoms with van der Waals surface area (Å²) in [6, 6.07) is 0.532. The Kier molecular flexibility index (Phi) is 5.48. The van der Waals surface area contributed by atoms with Gasteiger partial charge >= 0.3 is 0 Å². The largest absolute Gasteiger partial charge is 0.409 e. The van der Waals surface area contributed by atoms with Crippen molar-refractivity contribution in [2.75, 3.05) is 0 Å². The Labute approximate surface area is 102 Å². The molecule has 2 atom stereocenters. The van der Waals surface area contributed by atoms with Gasteiger partial charge in [0, 0.05) is 37.4 Å². The third-order valence-electron chi connectivity index (χ3n) is 2.64. The van der Waals surface area contributed by atoms with Crippen LogP contribution in [0.5, 0.6) is 0 Å². The van der Waals surface area contributed by atoms with Crippen LogP contribution in [0.3, 0.4) is 0 Å². The van der Waals surface area contributed by atoms with Gasteiger partial charge < -0.3 is 20.8 Å². The predicted octanol–water partition coefficient (Wildman–Crippen LogP) is 0.776. The standard InChI is InChI=1S/C11H21N5O/c1-3-10(6-11(12)15-17)14-9(2)7-16-5-4-13-8-16/h4-5,8-10,14,17H,3,6-7H2,1-2H3,(H2,12,15). The first-order valence-electron chi connectivity index (χ1n) is 5.83. The van der Waals surface area contributed by atoms with E-state index in [0.29, 0.717) is 12.5 Å². The topological polar surface area (TPSA) is 88.5 Å². The SMILES string of the molecule is CCC(C/C(N)=N/O)NC(C)Cn1ccnc1. The number of imidazole rings is 1. The number of hydrogen-bond acceptors (Lipinski definition) is 4. The quantitative estimate of drug-likeness (QED) is 0.284. The molecule has 1 aromatic heterocycles. The Morgan fingerprint density at radius 1 is 1.65 bits per heavy atom. The molecule has 0 spiro atoms. The van der Waals surface area contributed by atoms with E-state index in [9.17, 15) is 0 Å². The van der Waals surface area contributed by atoms with Crippen molar-refractivity contribution in [1.29, 1.82) is 0 Å². The van der Waals surface area contributed by atoms with E-state index in [1.54, 1.807) is 12.5 Å². The fourth-order valence-corrected chi connectivity index (χ4v) is 1.78. The Morgan fingerprint density at radius 2 is 2.41 bits per heavy atom. The Morgan fingerprint density at radius 3 is 2.94 bits per heavy atom. The summed E-state index contributed by atoms with van der Waals surface area (Å²) >= 11 is 0. The molecule has 6 heteroatoms. The molecule has 17 heavy (non-hydrogen) atoms. The maximum Gasteiger partial charge on any atom is 0.140 e. The molecule has 1 heterocycles. The lowest BCUT2D eigenvalue weighted by Crippen LogP contribution is -2.40. The lowest BCUT2D eigenvalue weighted by Gasteiger charge is -2.22. The molecule has 4 N–H and O–H groups in total. The van der Waals surface area contributed by atoms with Crippen LogP contribution >= 0.6 is 0 Å². The molecule has 0 aromatic carbocycles. The van der Waals surface area contributed by atoms with Gasteiger partial charge in [-0.2, -0.15) is 0 Å². The first-order valence-corrected chi connectivity index (χ1v) is 5.83. The molecule has 2 unspecified atom stereocenters. The van der Waals surface area contributed by atoms with Crippen LogP contribution in [0.25, 0.3) is 0 Å². The number of nitrogens with zero attached hydrogens (tertiary/aromatic N) is 3. The number of nitrogens with two attached hydrogens (primary N) is 1. The highest BCUT2D eigenvalue weighted by Gasteiger charge is 2.12. The van der Waals surface area contributed by atoms with E-state index < -0.39 is 0 Å². The van der Waals surface area contributed by atoms with Gasteiger partial charge in [0.2, 0.25) is 0 Å². The van der Waals surface area contributed by atoms with E-state index in [2.05, 4.69) is 29.3 Å². The van der Waals surface area contributed by atoms with Crippen molar-refractivity contribution >= 4 is 5.84 Å². The lowest BCUT2D eigenvalue weighted by atomic mass is 10.1. The minimum atomic E-state index is 0.226. The van der Waals surface area contributed by atoms with Crippen molar-refractivity contribution in [3.8, 4) is 0 Å². The first-order chi connectivity index (χ1) is 8.15. The van der Waals surface area contributed by atoms with Crippen molar-refractivity contribution in [2.24, 2.45) is 10.9 Å². The number of amidine groups is 1. The number of aromatic nitrogens is 2. The van der Waals surface area contributed by atoms with E-state index in [-0.39, 0.29) is 11.9 Å².